The molecule has 1 N–H and O–H groups in total. The number of halogens is 1. The predicted octanol–water partition coefficient (Wildman–Crippen LogP) is 4.79. The van der Waals surface area contributed by atoms with Gasteiger partial charge in [-0.05, 0) is 42.2 Å². The van der Waals surface area contributed by atoms with E-state index in [4.69, 9.17) is 4.74 Å². The summed E-state index contributed by atoms with van der Waals surface area (Å²) in [6.07, 6.45) is 1.83. The van der Waals surface area contributed by atoms with Crippen molar-refractivity contribution in [2.75, 3.05) is 44.3 Å². The van der Waals surface area contributed by atoms with E-state index < -0.39 is 0 Å². The first kappa shape index (κ1) is 23.0. The molecule has 3 heterocycles. The summed E-state index contributed by atoms with van der Waals surface area (Å²) in [5.74, 6) is -0.190. The number of ether oxygens (including phenoxy) is 1. The number of carbonyl (C=O) groups excluding carboxylic acids is 1. The largest absolute Gasteiger partial charge is 0.378 e. The fourth-order valence-electron chi connectivity index (χ4n) is 4.66. The lowest BCUT2D eigenvalue weighted by molar-refractivity contribution is 0.0913. The quantitative estimate of drug-likeness (QED) is 0.553. The molecule has 3 aromatic rings. The van der Waals surface area contributed by atoms with Gasteiger partial charge in [-0.15, -0.1) is 11.3 Å². The average molecular weight is 480 g/mol. The number of nitrogens with one attached hydrogen (secondary N) is 1. The third-order valence-corrected chi connectivity index (χ3v) is 7.76. The van der Waals surface area contributed by atoms with E-state index in [1.165, 1.54) is 12.1 Å². The Bertz CT molecular complexity index is 1090. The highest BCUT2D eigenvalue weighted by Gasteiger charge is 2.25. The number of piperidine rings is 1. The van der Waals surface area contributed by atoms with Gasteiger partial charge >= 0.3 is 0 Å². The number of hydrogen-bond acceptors (Lipinski definition) is 5. The Morgan fingerprint density at radius 2 is 1.71 bits per heavy atom. The van der Waals surface area contributed by atoms with Crippen molar-refractivity contribution in [3.05, 3.63) is 76.9 Å². The zero-order valence-electron chi connectivity index (χ0n) is 19.2. The molecule has 0 aliphatic carbocycles. The van der Waals surface area contributed by atoms with Crippen LogP contribution in [0, 0.1) is 5.82 Å². The maximum absolute atomic E-state index is 13.2. The second-order valence-electron chi connectivity index (χ2n) is 8.95. The van der Waals surface area contributed by atoms with Crippen molar-refractivity contribution in [2.24, 2.45) is 0 Å². The molecular formula is C27H30FN3O2S. The van der Waals surface area contributed by atoms with Crippen LogP contribution in [0.2, 0.25) is 0 Å². The summed E-state index contributed by atoms with van der Waals surface area (Å²) in [5.41, 5.74) is 3.37. The number of morpholine rings is 1. The fraction of sp³-hybridized carbons (Fsp3) is 0.370. The molecule has 0 unspecified atom stereocenters. The summed E-state index contributed by atoms with van der Waals surface area (Å²) < 4.78 is 18.7. The number of hydrogen-bond donors (Lipinski definition) is 1. The topological polar surface area (TPSA) is 44.8 Å². The minimum absolute atomic E-state index is 0.0127. The van der Waals surface area contributed by atoms with Crippen molar-refractivity contribution in [2.45, 2.75) is 25.4 Å². The van der Waals surface area contributed by atoms with Crippen LogP contribution in [0.5, 0.6) is 0 Å². The summed E-state index contributed by atoms with van der Waals surface area (Å²) in [6, 6.07) is 19.2. The summed E-state index contributed by atoms with van der Waals surface area (Å²) >= 11 is 1.58. The van der Waals surface area contributed by atoms with Gasteiger partial charge in [0.15, 0.2) is 0 Å². The van der Waals surface area contributed by atoms with Crippen LogP contribution in [0.15, 0.2) is 60.7 Å². The molecule has 178 valence electrons. The summed E-state index contributed by atoms with van der Waals surface area (Å²) in [6.45, 7) is 5.76. The third kappa shape index (κ3) is 5.49. The van der Waals surface area contributed by atoms with Crippen molar-refractivity contribution in [3.8, 4) is 11.1 Å². The molecule has 2 saturated heterocycles. The van der Waals surface area contributed by atoms with Gasteiger partial charge in [-0.1, -0.05) is 42.5 Å². The summed E-state index contributed by atoms with van der Waals surface area (Å²) in [4.78, 5) is 18.7. The Morgan fingerprint density at radius 1 is 1.00 bits per heavy atom. The molecule has 0 atom stereocenters. The molecule has 2 fully saturated rings. The van der Waals surface area contributed by atoms with Gasteiger partial charge in [0, 0.05) is 44.3 Å². The molecule has 5 rings (SSSR count). The molecule has 0 saturated carbocycles. The van der Waals surface area contributed by atoms with Crippen LogP contribution in [0.1, 0.15) is 28.1 Å². The molecule has 0 bridgehead atoms. The highest BCUT2D eigenvalue weighted by Crippen LogP contribution is 2.39. The molecule has 1 aromatic heterocycles. The summed E-state index contributed by atoms with van der Waals surface area (Å²) in [7, 11) is 0. The SMILES string of the molecule is O=C(NC1CCN(Cc2ccc(F)cc2)CC1)c1cc(-c2ccccc2)c(N2CCOCC2)s1. The molecular weight excluding hydrogens is 449 g/mol. The van der Waals surface area contributed by atoms with Crippen molar-refractivity contribution in [3.63, 3.8) is 0 Å². The van der Waals surface area contributed by atoms with Crippen LogP contribution < -0.4 is 10.2 Å². The lowest BCUT2D eigenvalue weighted by Gasteiger charge is -2.32. The molecule has 34 heavy (non-hydrogen) atoms. The van der Waals surface area contributed by atoms with Crippen molar-refractivity contribution in [1.29, 1.82) is 0 Å². The number of anilines is 1. The van der Waals surface area contributed by atoms with E-state index in [-0.39, 0.29) is 17.8 Å². The Balaban J connectivity index is 1.23. The highest BCUT2D eigenvalue weighted by atomic mass is 32.1. The lowest BCUT2D eigenvalue weighted by atomic mass is 10.0. The van der Waals surface area contributed by atoms with Crippen molar-refractivity contribution < 1.29 is 13.9 Å². The number of benzene rings is 2. The van der Waals surface area contributed by atoms with E-state index in [0.717, 1.165) is 72.1 Å². The maximum Gasteiger partial charge on any atom is 0.261 e. The zero-order valence-corrected chi connectivity index (χ0v) is 20.0. The van der Waals surface area contributed by atoms with Gasteiger partial charge in [-0.2, -0.15) is 0 Å². The number of thiophene rings is 1. The van der Waals surface area contributed by atoms with Crippen LogP contribution >= 0.6 is 11.3 Å². The smallest absolute Gasteiger partial charge is 0.261 e. The highest BCUT2D eigenvalue weighted by molar-refractivity contribution is 7.18. The van der Waals surface area contributed by atoms with E-state index in [1.807, 2.05) is 36.4 Å². The van der Waals surface area contributed by atoms with E-state index in [9.17, 15) is 9.18 Å². The van der Waals surface area contributed by atoms with Gasteiger partial charge in [0.2, 0.25) is 0 Å². The first-order valence-corrected chi connectivity index (χ1v) is 12.8. The van der Waals surface area contributed by atoms with Crippen LogP contribution in [-0.4, -0.2) is 56.2 Å². The van der Waals surface area contributed by atoms with E-state index in [2.05, 4.69) is 27.2 Å². The van der Waals surface area contributed by atoms with Gasteiger partial charge in [-0.25, -0.2) is 4.39 Å². The first-order valence-electron chi connectivity index (χ1n) is 12.0. The zero-order chi connectivity index (χ0) is 23.3. The first-order chi connectivity index (χ1) is 16.7. The van der Waals surface area contributed by atoms with Gasteiger partial charge in [-0.3, -0.25) is 9.69 Å². The standard InChI is InChI=1S/C27H30FN3O2S/c28-22-8-6-20(7-9-22)19-30-12-10-23(11-13-30)29-26(32)25-18-24(21-4-2-1-3-5-21)27(34-25)31-14-16-33-17-15-31/h1-9,18,23H,10-17,19H2,(H,29,32). The summed E-state index contributed by atoms with van der Waals surface area (Å²) in [5, 5.41) is 4.42. The Labute approximate surface area is 204 Å². The molecule has 5 nitrogen and oxygen atoms in total. The number of carbonyl (C=O) groups is 1. The van der Waals surface area contributed by atoms with Gasteiger partial charge in [0.25, 0.3) is 5.91 Å². The number of nitrogens with zero attached hydrogens (tertiary/aromatic N) is 2. The van der Waals surface area contributed by atoms with Crippen LogP contribution in [0.3, 0.4) is 0 Å². The van der Waals surface area contributed by atoms with E-state index >= 15 is 0 Å². The Morgan fingerprint density at radius 3 is 2.41 bits per heavy atom. The second-order valence-corrected chi connectivity index (χ2v) is 9.98. The number of amides is 1. The third-order valence-electron chi connectivity index (χ3n) is 6.56. The maximum atomic E-state index is 13.2. The van der Waals surface area contributed by atoms with E-state index in [0.29, 0.717) is 13.2 Å². The molecule has 0 radical (unpaired) electrons. The predicted molar refractivity (Wildman–Crippen MR) is 135 cm³/mol. The van der Waals surface area contributed by atoms with Crippen LogP contribution in [-0.2, 0) is 11.3 Å². The molecule has 2 aliphatic rings. The lowest BCUT2D eigenvalue weighted by Crippen LogP contribution is -2.44. The van der Waals surface area contributed by atoms with Crippen molar-refractivity contribution in [1.82, 2.24) is 10.2 Å². The monoisotopic (exact) mass is 479 g/mol. The van der Waals surface area contributed by atoms with Gasteiger partial charge in [0.05, 0.1) is 23.1 Å². The fourth-order valence-corrected chi connectivity index (χ4v) is 5.79. The second kappa shape index (κ2) is 10.7. The Kier molecular flexibility index (Phi) is 7.23. The van der Waals surface area contributed by atoms with Gasteiger partial charge in [0.1, 0.15) is 5.82 Å². The minimum atomic E-state index is -0.203. The molecule has 1 amide bonds. The molecule has 2 aliphatic heterocycles. The number of rotatable bonds is 6. The van der Waals surface area contributed by atoms with Gasteiger partial charge < -0.3 is 15.0 Å². The normalized spacial score (nSPS) is 17.6. The minimum Gasteiger partial charge on any atom is -0.378 e. The van der Waals surface area contributed by atoms with Crippen LogP contribution in [0.4, 0.5) is 9.39 Å². The van der Waals surface area contributed by atoms with Crippen molar-refractivity contribution >= 4 is 22.2 Å². The average Bonchev–Trinajstić information content (AvgIpc) is 3.34. The molecule has 7 heteroatoms. The van der Waals surface area contributed by atoms with Crippen LogP contribution in [0.25, 0.3) is 11.1 Å². The number of likely N-dealkylation sites (tertiary alicyclic amines) is 1. The Hall–Kier alpha value is -2.74. The van der Waals surface area contributed by atoms with E-state index in [1.54, 1.807) is 11.3 Å². The molecule has 2 aromatic carbocycles. The molecule has 0 spiro atoms.